The van der Waals surface area contributed by atoms with Gasteiger partial charge in [0.25, 0.3) is 17.7 Å². The first-order valence-corrected chi connectivity index (χ1v) is 13.7. The van der Waals surface area contributed by atoms with Crippen LogP contribution in [0.15, 0.2) is 90.0 Å². The molecule has 45 heavy (non-hydrogen) atoms. The molecule has 230 valence electrons. The molecule has 0 aromatic heterocycles. The van der Waals surface area contributed by atoms with Crippen molar-refractivity contribution in [2.45, 2.75) is 38.0 Å². The molecule has 1 atom stereocenters. The number of halogens is 6. The Morgan fingerprint density at radius 3 is 1.78 bits per heavy atom. The molecule has 0 spiro atoms. The fraction of sp³-hybridized carbons (Fsp3) is 0.212. The van der Waals surface area contributed by atoms with Crippen molar-refractivity contribution in [1.29, 1.82) is 0 Å². The number of allylic oxidation sites excluding steroid dienone is 3. The van der Waals surface area contributed by atoms with Crippen molar-refractivity contribution in [2.24, 2.45) is 5.92 Å². The number of carbonyl (C=O) groups is 4. The minimum atomic E-state index is -6.03. The highest BCUT2D eigenvalue weighted by Crippen LogP contribution is 2.58. The molecule has 0 bridgehead atoms. The lowest BCUT2D eigenvalue weighted by atomic mass is 9.69. The zero-order chi connectivity index (χ0) is 32.6. The normalized spacial score (nSPS) is 18.7. The number of anilines is 2. The third-order valence-corrected chi connectivity index (χ3v) is 8.35. The van der Waals surface area contributed by atoms with Crippen LogP contribution in [0.2, 0.25) is 0 Å². The largest absolute Gasteiger partial charge is 0.411 e. The number of hydrogen-bond donors (Lipinski definition) is 0. The van der Waals surface area contributed by atoms with E-state index in [1.807, 2.05) is 0 Å². The average molecular weight is 625 g/mol. The van der Waals surface area contributed by atoms with Crippen LogP contribution >= 0.6 is 0 Å². The van der Waals surface area contributed by atoms with Crippen LogP contribution in [-0.4, -0.2) is 36.0 Å². The van der Waals surface area contributed by atoms with Crippen molar-refractivity contribution < 1.29 is 45.5 Å². The van der Waals surface area contributed by atoms with Crippen molar-refractivity contribution in [3.8, 4) is 0 Å². The Morgan fingerprint density at radius 2 is 1.22 bits per heavy atom. The standard InChI is InChI=1S/C33H22F6N2O4/c1-17-5-3-7-21(13-17)40-27(42)23-11-9-19(15-25(23)29(40)44)31(32(34,35)36,33(37,38)39)20-10-12-24-26(16-20)30(45)41(28(24)43)22-8-4-6-18(2)14-22/h3-11,13-16,24H,12H2,1-2H3. The smallest absolute Gasteiger partial charge is 0.273 e. The molecule has 0 saturated carbocycles. The zero-order valence-corrected chi connectivity index (χ0v) is 23.6. The van der Waals surface area contributed by atoms with Gasteiger partial charge in [0, 0.05) is 5.57 Å². The van der Waals surface area contributed by atoms with Gasteiger partial charge in [-0.15, -0.1) is 0 Å². The van der Waals surface area contributed by atoms with Gasteiger partial charge in [-0.2, -0.15) is 26.3 Å². The van der Waals surface area contributed by atoms with Gasteiger partial charge in [0.1, 0.15) is 0 Å². The maximum atomic E-state index is 15.0. The minimum absolute atomic E-state index is 0.106. The van der Waals surface area contributed by atoms with Crippen molar-refractivity contribution in [2.75, 3.05) is 9.80 Å². The van der Waals surface area contributed by atoms with Gasteiger partial charge < -0.3 is 0 Å². The van der Waals surface area contributed by atoms with Crippen molar-refractivity contribution >= 4 is 35.0 Å². The Morgan fingerprint density at radius 1 is 0.667 bits per heavy atom. The predicted molar refractivity (Wildman–Crippen MR) is 150 cm³/mol. The summed E-state index contributed by atoms with van der Waals surface area (Å²) in [5.41, 5.74) is -7.28. The first-order chi connectivity index (χ1) is 21.1. The van der Waals surface area contributed by atoms with E-state index in [4.69, 9.17) is 0 Å². The van der Waals surface area contributed by atoms with Crippen molar-refractivity contribution in [3.63, 3.8) is 0 Å². The van der Waals surface area contributed by atoms with E-state index in [0.29, 0.717) is 40.3 Å². The molecule has 1 saturated heterocycles. The lowest BCUT2D eigenvalue weighted by molar-refractivity contribution is -0.289. The number of benzene rings is 3. The van der Waals surface area contributed by atoms with Gasteiger partial charge >= 0.3 is 12.4 Å². The number of aryl methyl sites for hydroxylation is 2. The molecule has 2 heterocycles. The van der Waals surface area contributed by atoms with Gasteiger partial charge in [0.2, 0.25) is 11.3 Å². The Balaban J connectivity index is 1.49. The van der Waals surface area contributed by atoms with Crippen LogP contribution in [0.3, 0.4) is 0 Å². The van der Waals surface area contributed by atoms with E-state index in [2.05, 4.69) is 0 Å². The molecule has 6 nitrogen and oxygen atoms in total. The van der Waals surface area contributed by atoms with Gasteiger partial charge in [0.05, 0.1) is 28.4 Å². The number of fused-ring (bicyclic) bond motifs is 2. The molecule has 3 aromatic carbocycles. The van der Waals surface area contributed by atoms with E-state index in [1.54, 1.807) is 38.1 Å². The van der Waals surface area contributed by atoms with Crippen LogP contribution in [0.5, 0.6) is 0 Å². The molecule has 12 heteroatoms. The van der Waals surface area contributed by atoms with E-state index in [0.717, 1.165) is 11.0 Å². The highest BCUT2D eigenvalue weighted by molar-refractivity contribution is 6.34. The molecule has 6 rings (SSSR count). The Labute approximate surface area is 252 Å². The summed E-state index contributed by atoms with van der Waals surface area (Å²) in [6, 6.07) is 14.1. The first kappa shape index (κ1) is 30.0. The van der Waals surface area contributed by atoms with Gasteiger partial charge in [-0.25, -0.2) is 9.80 Å². The monoisotopic (exact) mass is 624 g/mol. The number of hydrogen-bond acceptors (Lipinski definition) is 4. The highest BCUT2D eigenvalue weighted by Gasteiger charge is 2.73. The van der Waals surface area contributed by atoms with E-state index in [1.165, 1.54) is 24.3 Å². The van der Waals surface area contributed by atoms with Gasteiger partial charge in [-0.1, -0.05) is 36.4 Å². The van der Waals surface area contributed by atoms with Crippen LogP contribution in [0.4, 0.5) is 37.7 Å². The highest BCUT2D eigenvalue weighted by atomic mass is 19.4. The summed E-state index contributed by atoms with van der Waals surface area (Å²) < 4.78 is 90.3. The molecule has 1 fully saturated rings. The number of rotatable bonds is 4. The van der Waals surface area contributed by atoms with Crippen molar-refractivity contribution in [3.05, 3.63) is 118 Å². The lowest BCUT2D eigenvalue weighted by Crippen LogP contribution is -2.55. The van der Waals surface area contributed by atoms with Gasteiger partial charge in [-0.3, -0.25) is 19.2 Å². The molecule has 3 aliphatic rings. The summed E-state index contributed by atoms with van der Waals surface area (Å²) in [6.07, 6.45) is -11.5. The molecule has 0 N–H and O–H groups in total. The maximum Gasteiger partial charge on any atom is 0.411 e. The number of carbonyl (C=O) groups excluding carboxylic acids is 4. The van der Waals surface area contributed by atoms with Crippen LogP contribution in [0, 0.1) is 19.8 Å². The lowest BCUT2D eigenvalue weighted by Gasteiger charge is -2.40. The SMILES string of the molecule is Cc1cccc(N2C(=O)c3ccc(C(C4=CCC5C(=O)N(c6cccc(C)c6)C(=O)C5=C4)(C(F)(F)F)C(F)(F)F)cc3C2=O)c1. The van der Waals surface area contributed by atoms with Crippen molar-refractivity contribution in [1.82, 2.24) is 0 Å². The molecule has 3 aromatic rings. The summed E-state index contributed by atoms with van der Waals surface area (Å²) >= 11 is 0. The summed E-state index contributed by atoms with van der Waals surface area (Å²) in [7, 11) is 0. The van der Waals surface area contributed by atoms with Crippen LogP contribution in [-0.2, 0) is 15.0 Å². The summed E-state index contributed by atoms with van der Waals surface area (Å²) in [6.45, 7) is 3.37. The summed E-state index contributed by atoms with van der Waals surface area (Å²) in [5.74, 6) is -5.05. The predicted octanol–water partition coefficient (Wildman–Crippen LogP) is 6.91. The molecule has 4 amide bonds. The Kier molecular flexibility index (Phi) is 6.68. The van der Waals surface area contributed by atoms with E-state index < -0.39 is 76.0 Å². The fourth-order valence-corrected chi connectivity index (χ4v) is 6.26. The van der Waals surface area contributed by atoms with Crippen LogP contribution in [0.25, 0.3) is 0 Å². The van der Waals surface area contributed by atoms with Crippen LogP contribution < -0.4 is 9.80 Å². The second-order valence-corrected chi connectivity index (χ2v) is 11.2. The zero-order valence-electron chi connectivity index (χ0n) is 23.6. The first-order valence-electron chi connectivity index (χ1n) is 13.7. The quantitative estimate of drug-likeness (QED) is 0.234. The number of alkyl halides is 6. The fourth-order valence-electron chi connectivity index (χ4n) is 6.26. The van der Waals surface area contributed by atoms with Gasteiger partial charge in [0.15, 0.2) is 0 Å². The molecule has 2 aliphatic heterocycles. The number of imide groups is 2. The second kappa shape index (κ2) is 10.0. The number of nitrogens with zero attached hydrogens (tertiary/aromatic N) is 2. The summed E-state index contributed by atoms with van der Waals surface area (Å²) in [5, 5.41) is 0. The number of amides is 4. The van der Waals surface area contributed by atoms with Crippen LogP contribution in [0.1, 0.15) is 43.8 Å². The molecule has 0 radical (unpaired) electrons. The maximum absolute atomic E-state index is 15.0. The van der Waals surface area contributed by atoms with E-state index >= 15 is 26.3 Å². The van der Waals surface area contributed by atoms with E-state index in [-0.39, 0.29) is 16.9 Å². The van der Waals surface area contributed by atoms with Gasteiger partial charge in [-0.05, 0) is 85.0 Å². The topological polar surface area (TPSA) is 74.8 Å². The van der Waals surface area contributed by atoms with E-state index in [9.17, 15) is 19.2 Å². The second-order valence-electron chi connectivity index (χ2n) is 11.2. The Bertz CT molecular complexity index is 1870. The molecule has 1 unspecified atom stereocenters. The summed E-state index contributed by atoms with van der Waals surface area (Å²) in [4.78, 5) is 54.4. The Hall–Kier alpha value is -5.00. The third-order valence-electron chi connectivity index (χ3n) is 8.35. The minimum Gasteiger partial charge on any atom is -0.273 e. The molecule has 1 aliphatic carbocycles. The molecular formula is C33H22F6N2O4. The average Bonchev–Trinajstić information content (AvgIpc) is 3.35. The molecular weight excluding hydrogens is 602 g/mol. The third kappa shape index (κ3) is 4.33.